The summed E-state index contributed by atoms with van der Waals surface area (Å²) in [5, 5.41) is 9.07. The number of hydrogen-bond donors (Lipinski definition) is 1. The minimum absolute atomic E-state index is 0.0443. The van der Waals surface area contributed by atoms with Crippen molar-refractivity contribution in [1.29, 1.82) is 0 Å². The number of amides is 1. The normalized spacial score (nSPS) is 10.9. The highest BCUT2D eigenvalue weighted by Gasteiger charge is 2.13. The maximum Gasteiger partial charge on any atom is 0.274 e. The van der Waals surface area contributed by atoms with Gasteiger partial charge in [0.15, 0.2) is 0 Å². The monoisotopic (exact) mass is 421 g/mol. The first-order valence-electron chi connectivity index (χ1n) is 9.32. The van der Waals surface area contributed by atoms with Gasteiger partial charge in [-0.15, -0.1) is 0 Å². The van der Waals surface area contributed by atoms with Gasteiger partial charge in [-0.25, -0.2) is 9.07 Å². The molecule has 0 aliphatic rings. The van der Waals surface area contributed by atoms with E-state index in [1.165, 1.54) is 28.9 Å². The number of anilines is 1. The lowest BCUT2D eigenvalue weighted by atomic mass is 10.1. The van der Waals surface area contributed by atoms with Crippen LogP contribution in [0.25, 0.3) is 22.0 Å². The van der Waals surface area contributed by atoms with Gasteiger partial charge in [0, 0.05) is 28.1 Å². The summed E-state index contributed by atoms with van der Waals surface area (Å²) < 4.78 is 14.3. The lowest BCUT2D eigenvalue weighted by Crippen LogP contribution is -2.26. The molecule has 0 bridgehead atoms. The molecule has 0 spiro atoms. The molecule has 3 aromatic carbocycles. The van der Waals surface area contributed by atoms with E-state index in [2.05, 4.69) is 10.4 Å². The van der Waals surface area contributed by atoms with Gasteiger partial charge in [-0.05, 0) is 42.5 Å². The van der Waals surface area contributed by atoms with E-state index in [1.54, 1.807) is 24.3 Å². The fourth-order valence-electron chi connectivity index (χ4n) is 3.17. The summed E-state index contributed by atoms with van der Waals surface area (Å²) in [7, 11) is 0. The van der Waals surface area contributed by atoms with Crippen LogP contribution < -0.4 is 10.9 Å². The Morgan fingerprint density at radius 3 is 2.33 bits per heavy atom. The molecule has 1 heterocycles. The Balaban J connectivity index is 1.63. The fraction of sp³-hybridized carbons (Fsp3) is 0.0870. The molecule has 30 heavy (non-hydrogen) atoms. The number of carbonyl (C=O) groups is 1. The van der Waals surface area contributed by atoms with Crippen molar-refractivity contribution in [1.82, 2.24) is 9.78 Å². The summed E-state index contributed by atoms with van der Waals surface area (Å²) in [4.78, 5) is 25.2. The van der Waals surface area contributed by atoms with Crippen LogP contribution in [-0.2, 0) is 11.3 Å². The van der Waals surface area contributed by atoms with Crippen LogP contribution in [0, 0.1) is 5.82 Å². The minimum atomic E-state index is -0.380. The molecule has 1 N–H and O–H groups in total. The number of benzene rings is 3. The SMILES string of the molecule is O=C(CCn1nc(-c2ccc(Cl)cc2)c2ccccc2c1=O)Nc1ccc(F)cc1. The number of aryl methyl sites for hydroxylation is 1. The topological polar surface area (TPSA) is 64.0 Å². The molecule has 1 aromatic heterocycles. The molecular weight excluding hydrogens is 405 g/mol. The van der Waals surface area contributed by atoms with Crippen molar-refractivity contribution in [3.63, 3.8) is 0 Å². The van der Waals surface area contributed by atoms with Crippen LogP contribution in [0.15, 0.2) is 77.6 Å². The Labute approximate surface area is 176 Å². The second kappa shape index (κ2) is 8.47. The predicted octanol–water partition coefficient (Wildman–Crippen LogP) is 4.88. The molecule has 0 radical (unpaired) electrons. The van der Waals surface area contributed by atoms with Crippen LogP contribution >= 0.6 is 11.6 Å². The van der Waals surface area contributed by atoms with Crippen molar-refractivity contribution >= 4 is 34.0 Å². The van der Waals surface area contributed by atoms with E-state index in [0.717, 1.165) is 10.9 Å². The molecule has 4 rings (SSSR count). The first-order chi connectivity index (χ1) is 14.5. The molecule has 5 nitrogen and oxygen atoms in total. The van der Waals surface area contributed by atoms with Gasteiger partial charge < -0.3 is 5.32 Å². The van der Waals surface area contributed by atoms with Crippen molar-refractivity contribution in [3.05, 3.63) is 94.0 Å². The van der Waals surface area contributed by atoms with Gasteiger partial charge >= 0.3 is 0 Å². The van der Waals surface area contributed by atoms with E-state index in [-0.39, 0.29) is 30.2 Å². The maximum atomic E-state index is 13.0. The van der Waals surface area contributed by atoms with E-state index in [0.29, 0.717) is 21.8 Å². The number of nitrogens with zero attached hydrogens (tertiary/aromatic N) is 2. The average molecular weight is 422 g/mol. The highest BCUT2D eigenvalue weighted by Crippen LogP contribution is 2.25. The second-order valence-corrected chi connectivity index (χ2v) is 7.17. The molecule has 0 fully saturated rings. The molecule has 7 heteroatoms. The first kappa shape index (κ1) is 19.8. The van der Waals surface area contributed by atoms with E-state index >= 15 is 0 Å². The lowest BCUT2D eigenvalue weighted by molar-refractivity contribution is -0.116. The number of fused-ring (bicyclic) bond motifs is 1. The molecule has 150 valence electrons. The van der Waals surface area contributed by atoms with Crippen LogP contribution in [0.1, 0.15) is 6.42 Å². The number of carbonyl (C=O) groups excluding carboxylic acids is 1. The zero-order chi connectivity index (χ0) is 21.1. The van der Waals surface area contributed by atoms with Crippen molar-refractivity contribution in [2.45, 2.75) is 13.0 Å². The van der Waals surface area contributed by atoms with Crippen molar-refractivity contribution in [2.75, 3.05) is 5.32 Å². The van der Waals surface area contributed by atoms with Crippen molar-refractivity contribution in [3.8, 4) is 11.3 Å². The van der Waals surface area contributed by atoms with Gasteiger partial charge in [0.1, 0.15) is 5.82 Å². The quantitative estimate of drug-likeness (QED) is 0.499. The fourth-order valence-corrected chi connectivity index (χ4v) is 3.30. The van der Waals surface area contributed by atoms with E-state index in [9.17, 15) is 14.0 Å². The highest BCUT2D eigenvalue weighted by atomic mass is 35.5. The summed E-state index contributed by atoms with van der Waals surface area (Å²) in [6.45, 7) is 0.108. The van der Waals surface area contributed by atoms with Gasteiger partial charge in [-0.2, -0.15) is 5.10 Å². The number of aromatic nitrogens is 2. The summed E-state index contributed by atoms with van der Waals surface area (Å²) in [6.07, 6.45) is 0.0443. The Bertz CT molecular complexity index is 1270. The van der Waals surface area contributed by atoms with Gasteiger partial charge in [-0.3, -0.25) is 9.59 Å². The van der Waals surface area contributed by atoms with Crippen LogP contribution in [0.2, 0.25) is 5.02 Å². The second-order valence-electron chi connectivity index (χ2n) is 6.73. The van der Waals surface area contributed by atoms with Crippen LogP contribution in [0.5, 0.6) is 0 Å². The highest BCUT2D eigenvalue weighted by molar-refractivity contribution is 6.30. The molecule has 0 atom stereocenters. The Kier molecular flexibility index (Phi) is 5.59. The molecule has 0 saturated heterocycles. The molecule has 0 aliphatic carbocycles. The summed E-state index contributed by atoms with van der Waals surface area (Å²) in [6, 6.07) is 19.9. The zero-order valence-corrected chi connectivity index (χ0v) is 16.6. The molecule has 0 aliphatic heterocycles. The van der Waals surface area contributed by atoms with Crippen LogP contribution in [-0.4, -0.2) is 15.7 Å². The summed E-state index contributed by atoms with van der Waals surface area (Å²) in [5.41, 5.74) is 1.68. The molecule has 1 amide bonds. The third-order valence-corrected chi connectivity index (χ3v) is 4.92. The summed E-state index contributed by atoms with van der Waals surface area (Å²) >= 11 is 5.99. The van der Waals surface area contributed by atoms with E-state index < -0.39 is 0 Å². The molecule has 0 unspecified atom stereocenters. The lowest BCUT2D eigenvalue weighted by Gasteiger charge is -2.11. The predicted molar refractivity (Wildman–Crippen MR) is 116 cm³/mol. The van der Waals surface area contributed by atoms with E-state index in [4.69, 9.17) is 11.6 Å². The third kappa shape index (κ3) is 4.23. The number of hydrogen-bond acceptors (Lipinski definition) is 3. The number of halogens is 2. The standard InChI is InChI=1S/C23H17ClFN3O2/c24-16-7-5-15(6-8-16)22-19-3-1-2-4-20(19)23(30)28(27-22)14-13-21(29)26-18-11-9-17(25)10-12-18/h1-12H,13-14H2,(H,26,29). The largest absolute Gasteiger partial charge is 0.326 e. The summed E-state index contributed by atoms with van der Waals surface area (Å²) in [5.74, 6) is -0.675. The van der Waals surface area contributed by atoms with Crippen LogP contribution in [0.4, 0.5) is 10.1 Å². The molecular formula is C23H17ClFN3O2. The minimum Gasteiger partial charge on any atom is -0.326 e. The Hall–Kier alpha value is -3.51. The van der Waals surface area contributed by atoms with Gasteiger partial charge in [0.2, 0.25) is 5.91 Å². The number of rotatable bonds is 5. The van der Waals surface area contributed by atoms with Crippen molar-refractivity contribution < 1.29 is 9.18 Å². The van der Waals surface area contributed by atoms with Gasteiger partial charge in [0.05, 0.1) is 17.6 Å². The van der Waals surface area contributed by atoms with Gasteiger partial charge in [-0.1, -0.05) is 41.9 Å². The smallest absolute Gasteiger partial charge is 0.274 e. The first-order valence-corrected chi connectivity index (χ1v) is 9.70. The average Bonchev–Trinajstić information content (AvgIpc) is 2.76. The van der Waals surface area contributed by atoms with Gasteiger partial charge in [0.25, 0.3) is 5.56 Å². The van der Waals surface area contributed by atoms with Crippen LogP contribution in [0.3, 0.4) is 0 Å². The third-order valence-electron chi connectivity index (χ3n) is 4.66. The Morgan fingerprint density at radius 2 is 1.63 bits per heavy atom. The van der Waals surface area contributed by atoms with Crippen molar-refractivity contribution in [2.24, 2.45) is 0 Å². The molecule has 4 aromatic rings. The zero-order valence-electron chi connectivity index (χ0n) is 15.8. The number of nitrogens with one attached hydrogen (secondary N) is 1. The Morgan fingerprint density at radius 1 is 0.967 bits per heavy atom. The molecule has 0 saturated carbocycles. The van der Waals surface area contributed by atoms with E-state index in [1.807, 2.05) is 24.3 Å². The maximum absolute atomic E-state index is 13.0.